The van der Waals surface area contributed by atoms with Crippen LogP contribution >= 0.6 is 0 Å². The van der Waals surface area contributed by atoms with Crippen LogP contribution in [0.25, 0.3) is 0 Å². The topological polar surface area (TPSA) is 70.7 Å². The van der Waals surface area contributed by atoms with Crippen LogP contribution < -0.4 is 15.5 Å². The molecule has 0 radical (unpaired) electrons. The standard InChI is InChI=1S/C23H28FN3O3/c1-3-30-22(28)18-5-4-6-20(14-18)27(2)23(29)26-21-12-9-17(15-25-21)13-16-7-10-19(24)11-8-16/h4-8,10-11,14,17,21,25H,3,9,12-13,15H2,1-2H3,(H,26,29)/t17-,21+/m1/s1. The first-order chi connectivity index (χ1) is 14.5. The molecule has 0 saturated carbocycles. The van der Waals surface area contributed by atoms with Gasteiger partial charge in [-0.25, -0.2) is 14.0 Å². The summed E-state index contributed by atoms with van der Waals surface area (Å²) in [5.74, 6) is -0.183. The van der Waals surface area contributed by atoms with Crippen molar-refractivity contribution in [2.24, 2.45) is 5.92 Å². The van der Waals surface area contributed by atoms with E-state index in [0.29, 0.717) is 23.8 Å². The normalized spacial score (nSPS) is 18.5. The molecule has 1 heterocycles. The lowest BCUT2D eigenvalue weighted by atomic mass is 9.91. The molecule has 2 aromatic rings. The number of carbonyl (C=O) groups excluding carboxylic acids is 2. The van der Waals surface area contributed by atoms with Crippen LogP contribution in [0, 0.1) is 11.7 Å². The van der Waals surface area contributed by atoms with Gasteiger partial charge in [0.25, 0.3) is 0 Å². The predicted octanol–water partition coefficient (Wildman–Crippen LogP) is 3.72. The minimum Gasteiger partial charge on any atom is -0.462 e. The molecule has 7 heteroatoms. The maximum absolute atomic E-state index is 13.0. The molecule has 1 fully saturated rings. The van der Waals surface area contributed by atoms with Crippen LogP contribution in [0.15, 0.2) is 48.5 Å². The lowest BCUT2D eigenvalue weighted by Crippen LogP contribution is -2.53. The van der Waals surface area contributed by atoms with Crippen LogP contribution in [0.2, 0.25) is 0 Å². The lowest BCUT2D eigenvalue weighted by Gasteiger charge is -2.32. The molecule has 3 rings (SSSR count). The van der Waals surface area contributed by atoms with E-state index in [9.17, 15) is 14.0 Å². The summed E-state index contributed by atoms with van der Waals surface area (Å²) in [7, 11) is 1.67. The second-order valence-corrected chi connectivity index (χ2v) is 7.51. The zero-order valence-corrected chi connectivity index (χ0v) is 17.4. The van der Waals surface area contributed by atoms with Gasteiger partial charge in [0, 0.05) is 19.3 Å². The van der Waals surface area contributed by atoms with Gasteiger partial charge in [0.15, 0.2) is 0 Å². The molecule has 1 aliphatic rings. The maximum Gasteiger partial charge on any atom is 0.338 e. The molecule has 1 saturated heterocycles. The Kier molecular flexibility index (Phi) is 7.41. The minimum absolute atomic E-state index is 0.113. The van der Waals surface area contributed by atoms with Crippen LogP contribution in [-0.2, 0) is 11.2 Å². The molecular formula is C23H28FN3O3. The Bertz CT molecular complexity index is 864. The van der Waals surface area contributed by atoms with E-state index in [1.165, 1.54) is 17.0 Å². The summed E-state index contributed by atoms with van der Waals surface area (Å²) in [5, 5.41) is 6.37. The van der Waals surface area contributed by atoms with Crippen LogP contribution in [0.4, 0.5) is 14.9 Å². The Labute approximate surface area is 176 Å². The van der Waals surface area contributed by atoms with Crippen molar-refractivity contribution >= 4 is 17.7 Å². The van der Waals surface area contributed by atoms with Gasteiger partial charge in [0.1, 0.15) is 5.82 Å². The van der Waals surface area contributed by atoms with Crippen molar-refractivity contribution in [3.63, 3.8) is 0 Å². The number of hydrogen-bond acceptors (Lipinski definition) is 4. The van der Waals surface area contributed by atoms with Gasteiger partial charge in [0.2, 0.25) is 0 Å². The first-order valence-electron chi connectivity index (χ1n) is 10.3. The maximum atomic E-state index is 13.0. The molecule has 0 unspecified atom stereocenters. The number of halogens is 1. The summed E-state index contributed by atoms with van der Waals surface area (Å²) < 4.78 is 18.1. The molecule has 30 heavy (non-hydrogen) atoms. The number of hydrogen-bond donors (Lipinski definition) is 2. The summed E-state index contributed by atoms with van der Waals surface area (Å²) in [6.07, 6.45) is 2.55. The average Bonchev–Trinajstić information content (AvgIpc) is 2.76. The van der Waals surface area contributed by atoms with Gasteiger partial charge in [-0.05, 0) is 68.0 Å². The number of urea groups is 1. The van der Waals surface area contributed by atoms with E-state index in [1.54, 1.807) is 38.2 Å². The number of rotatable bonds is 6. The van der Waals surface area contributed by atoms with Crippen molar-refractivity contribution in [3.8, 4) is 0 Å². The second-order valence-electron chi connectivity index (χ2n) is 7.51. The quantitative estimate of drug-likeness (QED) is 0.708. The molecule has 2 aromatic carbocycles. The summed E-state index contributed by atoms with van der Waals surface area (Å²) in [5.41, 5.74) is 2.14. The summed E-state index contributed by atoms with van der Waals surface area (Å²) in [6.45, 7) is 2.84. The third-order valence-electron chi connectivity index (χ3n) is 5.30. The Morgan fingerprint density at radius 2 is 1.97 bits per heavy atom. The fourth-order valence-electron chi connectivity index (χ4n) is 3.59. The first-order valence-corrected chi connectivity index (χ1v) is 10.3. The molecule has 0 aromatic heterocycles. The SMILES string of the molecule is CCOC(=O)c1cccc(N(C)C(=O)N[C@H]2CC[C@H](Cc3ccc(F)cc3)CN2)c1. The van der Waals surface area contributed by atoms with Crippen molar-refractivity contribution in [2.45, 2.75) is 32.4 Å². The van der Waals surface area contributed by atoms with Crippen LogP contribution in [0.5, 0.6) is 0 Å². The number of nitrogens with one attached hydrogen (secondary N) is 2. The highest BCUT2D eigenvalue weighted by atomic mass is 19.1. The van der Waals surface area contributed by atoms with Crippen LogP contribution in [-0.4, -0.2) is 38.4 Å². The van der Waals surface area contributed by atoms with Gasteiger partial charge in [-0.3, -0.25) is 10.2 Å². The molecule has 2 N–H and O–H groups in total. The van der Waals surface area contributed by atoms with E-state index in [2.05, 4.69) is 10.6 Å². The number of benzene rings is 2. The molecule has 160 valence electrons. The van der Waals surface area contributed by atoms with Gasteiger partial charge in [-0.15, -0.1) is 0 Å². The molecule has 6 nitrogen and oxygen atoms in total. The number of amides is 2. The van der Waals surface area contributed by atoms with Gasteiger partial charge < -0.3 is 10.1 Å². The van der Waals surface area contributed by atoms with E-state index in [4.69, 9.17) is 4.74 Å². The zero-order valence-electron chi connectivity index (χ0n) is 17.4. The van der Waals surface area contributed by atoms with Gasteiger partial charge in [-0.1, -0.05) is 18.2 Å². The number of nitrogens with zero attached hydrogens (tertiary/aromatic N) is 1. The third kappa shape index (κ3) is 5.79. The predicted molar refractivity (Wildman–Crippen MR) is 114 cm³/mol. The lowest BCUT2D eigenvalue weighted by molar-refractivity contribution is 0.0526. The fraction of sp³-hybridized carbons (Fsp3) is 0.391. The Morgan fingerprint density at radius 1 is 1.20 bits per heavy atom. The molecule has 1 aliphatic heterocycles. The fourth-order valence-corrected chi connectivity index (χ4v) is 3.59. The summed E-state index contributed by atoms with van der Waals surface area (Å²) >= 11 is 0. The molecular weight excluding hydrogens is 385 g/mol. The average molecular weight is 413 g/mol. The smallest absolute Gasteiger partial charge is 0.338 e. The highest BCUT2D eigenvalue weighted by Gasteiger charge is 2.23. The van der Waals surface area contributed by atoms with E-state index in [0.717, 1.165) is 31.4 Å². The van der Waals surface area contributed by atoms with E-state index in [1.807, 2.05) is 12.1 Å². The Hall–Kier alpha value is -2.93. The monoisotopic (exact) mass is 413 g/mol. The van der Waals surface area contributed by atoms with Crippen LogP contribution in [0.1, 0.15) is 35.7 Å². The first kappa shape index (κ1) is 21.8. The van der Waals surface area contributed by atoms with Crippen molar-refractivity contribution in [3.05, 3.63) is 65.5 Å². The number of carbonyl (C=O) groups is 2. The number of esters is 1. The van der Waals surface area contributed by atoms with Crippen molar-refractivity contribution in [1.82, 2.24) is 10.6 Å². The second kappa shape index (κ2) is 10.2. The number of anilines is 1. The van der Waals surface area contributed by atoms with E-state index in [-0.39, 0.29) is 18.0 Å². The van der Waals surface area contributed by atoms with Crippen molar-refractivity contribution in [1.29, 1.82) is 0 Å². The number of ether oxygens (including phenoxy) is 1. The molecule has 2 amide bonds. The Morgan fingerprint density at radius 3 is 2.63 bits per heavy atom. The highest BCUT2D eigenvalue weighted by Crippen LogP contribution is 2.20. The largest absolute Gasteiger partial charge is 0.462 e. The summed E-state index contributed by atoms with van der Waals surface area (Å²) in [4.78, 5) is 26.0. The minimum atomic E-state index is -0.408. The van der Waals surface area contributed by atoms with Gasteiger partial charge in [-0.2, -0.15) is 0 Å². The summed E-state index contributed by atoms with van der Waals surface area (Å²) in [6, 6.07) is 13.2. The molecule has 2 atom stereocenters. The van der Waals surface area contributed by atoms with Gasteiger partial charge >= 0.3 is 12.0 Å². The highest BCUT2D eigenvalue weighted by molar-refractivity contribution is 5.95. The van der Waals surface area contributed by atoms with Gasteiger partial charge in [0.05, 0.1) is 18.3 Å². The molecule has 0 aliphatic carbocycles. The zero-order chi connectivity index (χ0) is 21.5. The molecule has 0 spiro atoms. The van der Waals surface area contributed by atoms with Crippen molar-refractivity contribution < 1.29 is 18.7 Å². The Balaban J connectivity index is 1.50. The van der Waals surface area contributed by atoms with Crippen molar-refractivity contribution in [2.75, 3.05) is 25.1 Å². The number of piperidine rings is 1. The molecule has 0 bridgehead atoms. The van der Waals surface area contributed by atoms with Crippen LogP contribution in [0.3, 0.4) is 0 Å². The van der Waals surface area contributed by atoms with E-state index >= 15 is 0 Å². The van der Waals surface area contributed by atoms with E-state index < -0.39 is 5.97 Å². The third-order valence-corrected chi connectivity index (χ3v) is 5.30.